The third-order valence-electron chi connectivity index (χ3n) is 3.02. The van der Waals surface area contributed by atoms with Gasteiger partial charge in [-0.25, -0.2) is 0 Å². The Morgan fingerprint density at radius 2 is 2.19 bits per heavy atom. The van der Waals surface area contributed by atoms with Gasteiger partial charge in [-0.2, -0.15) is 0 Å². The van der Waals surface area contributed by atoms with Gasteiger partial charge in [-0.15, -0.1) is 0 Å². The molecule has 3 heteroatoms. The van der Waals surface area contributed by atoms with Gasteiger partial charge in [0.15, 0.2) is 0 Å². The molecule has 1 aliphatic rings. The number of amides is 1. The molecule has 1 aliphatic heterocycles. The molecule has 1 N–H and O–H groups in total. The van der Waals surface area contributed by atoms with E-state index in [2.05, 4.69) is 19.2 Å². The molecule has 0 spiro atoms. The molecule has 0 radical (unpaired) electrons. The molecule has 1 aromatic carbocycles. The minimum Gasteiger partial charge on any atom is -0.493 e. The molecule has 3 nitrogen and oxygen atoms in total. The molecule has 0 fully saturated rings. The molecule has 86 valence electrons. The lowest BCUT2D eigenvalue weighted by Gasteiger charge is -2.32. The topological polar surface area (TPSA) is 38.3 Å². The molecule has 0 aromatic heterocycles. The van der Waals surface area contributed by atoms with Crippen molar-refractivity contribution in [3.8, 4) is 5.75 Å². The monoisotopic (exact) mass is 219 g/mol. The van der Waals surface area contributed by atoms with Crippen molar-refractivity contribution in [2.75, 3.05) is 11.9 Å². The Bertz CT molecular complexity index is 424. The molecule has 0 atom stereocenters. The van der Waals surface area contributed by atoms with Crippen LogP contribution in [0.3, 0.4) is 0 Å². The van der Waals surface area contributed by atoms with E-state index in [0.29, 0.717) is 0 Å². The number of carbonyl (C=O) groups is 1. The summed E-state index contributed by atoms with van der Waals surface area (Å²) in [7, 11) is 0. The Hall–Kier alpha value is -1.51. The van der Waals surface area contributed by atoms with Crippen LogP contribution in [0.4, 0.5) is 5.69 Å². The second-order valence-electron chi connectivity index (χ2n) is 4.87. The van der Waals surface area contributed by atoms with Gasteiger partial charge in [0.05, 0.1) is 6.61 Å². The summed E-state index contributed by atoms with van der Waals surface area (Å²) in [5.41, 5.74) is 2.17. The number of anilines is 1. The summed E-state index contributed by atoms with van der Waals surface area (Å²) >= 11 is 0. The smallest absolute Gasteiger partial charge is 0.221 e. The Balaban J connectivity index is 2.36. The van der Waals surface area contributed by atoms with Crippen molar-refractivity contribution in [1.29, 1.82) is 0 Å². The van der Waals surface area contributed by atoms with E-state index in [1.54, 1.807) is 0 Å². The summed E-state index contributed by atoms with van der Waals surface area (Å²) in [4.78, 5) is 11.0. The quantitative estimate of drug-likeness (QED) is 0.788. The van der Waals surface area contributed by atoms with Crippen LogP contribution in [0.5, 0.6) is 5.75 Å². The third-order valence-corrected chi connectivity index (χ3v) is 3.02. The first-order chi connectivity index (χ1) is 7.49. The highest BCUT2D eigenvalue weighted by molar-refractivity contribution is 5.89. The molecule has 0 saturated carbocycles. The van der Waals surface area contributed by atoms with Crippen molar-refractivity contribution in [3.05, 3.63) is 23.8 Å². The number of hydrogen-bond donors (Lipinski definition) is 1. The van der Waals surface area contributed by atoms with Crippen LogP contribution in [0.25, 0.3) is 0 Å². The summed E-state index contributed by atoms with van der Waals surface area (Å²) in [5.74, 6) is 0.831. The van der Waals surface area contributed by atoms with Crippen LogP contribution in [0.15, 0.2) is 18.2 Å². The third kappa shape index (κ3) is 2.03. The Labute approximate surface area is 95.8 Å². The number of benzene rings is 1. The second kappa shape index (κ2) is 3.81. The van der Waals surface area contributed by atoms with E-state index in [1.807, 2.05) is 18.2 Å². The Morgan fingerprint density at radius 1 is 1.44 bits per heavy atom. The number of rotatable bonds is 1. The van der Waals surface area contributed by atoms with Crippen molar-refractivity contribution in [3.63, 3.8) is 0 Å². The summed E-state index contributed by atoms with van der Waals surface area (Å²) < 4.78 is 5.63. The maximum atomic E-state index is 11.0. The molecule has 0 unspecified atom stereocenters. The van der Waals surface area contributed by atoms with Gasteiger partial charge in [-0.1, -0.05) is 19.9 Å². The minimum atomic E-state index is -0.0602. The maximum absolute atomic E-state index is 11.0. The van der Waals surface area contributed by atoms with Gasteiger partial charge >= 0.3 is 0 Å². The predicted molar refractivity (Wildman–Crippen MR) is 63.9 cm³/mol. The lowest BCUT2D eigenvalue weighted by molar-refractivity contribution is -0.114. The van der Waals surface area contributed by atoms with E-state index in [1.165, 1.54) is 12.5 Å². The summed E-state index contributed by atoms with van der Waals surface area (Å²) in [6.07, 6.45) is 1.03. The summed E-state index contributed by atoms with van der Waals surface area (Å²) in [6.45, 7) is 6.67. The fraction of sp³-hybridized carbons (Fsp3) is 0.462. The maximum Gasteiger partial charge on any atom is 0.221 e. The lowest BCUT2D eigenvalue weighted by Crippen LogP contribution is -2.26. The van der Waals surface area contributed by atoms with Crippen molar-refractivity contribution >= 4 is 11.6 Å². The average Bonchev–Trinajstić information content (AvgIpc) is 2.15. The highest BCUT2D eigenvalue weighted by Crippen LogP contribution is 2.39. The van der Waals surface area contributed by atoms with Gasteiger partial charge in [0.25, 0.3) is 0 Å². The van der Waals surface area contributed by atoms with Crippen molar-refractivity contribution in [2.24, 2.45) is 0 Å². The van der Waals surface area contributed by atoms with Crippen LogP contribution in [0, 0.1) is 0 Å². The molecule has 16 heavy (non-hydrogen) atoms. The Kier molecular flexibility index (Phi) is 2.62. The lowest BCUT2D eigenvalue weighted by atomic mass is 9.80. The van der Waals surface area contributed by atoms with Crippen LogP contribution in [-0.2, 0) is 10.2 Å². The van der Waals surface area contributed by atoms with Gasteiger partial charge in [0, 0.05) is 24.2 Å². The van der Waals surface area contributed by atoms with Gasteiger partial charge in [0.2, 0.25) is 5.91 Å². The van der Waals surface area contributed by atoms with E-state index < -0.39 is 0 Å². The van der Waals surface area contributed by atoms with E-state index in [-0.39, 0.29) is 11.3 Å². The molecular formula is C13H17NO2. The van der Waals surface area contributed by atoms with Gasteiger partial charge < -0.3 is 10.1 Å². The van der Waals surface area contributed by atoms with Crippen LogP contribution >= 0.6 is 0 Å². The number of fused-ring (bicyclic) bond motifs is 1. The van der Waals surface area contributed by atoms with E-state index in [9.17, 15) is 4.79 Å². The average molecular weight is 219 g/mol. The predicted octanol–water partition coefficient (Wildman–Crippen LogP) is 2.71. The minimum absolute atomic E-state index is 0.0602. The highest BCUT2D eigenvalue weighted by Gasteiger charge is 2.28. The fourth-order valence-corrected chi connectivity index (χ4v) is 2.03. The number of carbonyl (C=O) groups excluding carboxylic acids is 1. The Morgan fingerprint density at radius 3 is 2.88 bits per heavy atom. The molecular weight excluding hydrogens is 202 g/mol. The van der Waals surface area contributed by atoms with E-state index >= 15 is 0 Å². The largest absolute Gasteiger partial charge is 0.493 e. The molecule has 0 bridgehead atoms. The van der Waals surface area contributed by atoms with Crippen LogP contribution < -0.4 is 10.1 Å². The highest BCUT2D eigenvalue weighted by atomic mass is 16.5. The van der Waals surface area contributed by atoms with E-state index in [4.69, 9.17) is 4.74 Å². The van der Waals surface area contributed by atoms with Gasteiger partial charge in [0.1, 0.15) is 5.75 Å². The molecule has 0 saturated heterocycles. The molecule has 0 aliphatic carbocycles. The number of hydrogen-bond acceptors (Lipinski definition) is 2. The second-order valence-corrected chi connectivity index (χ2v) is 4.87. The number of ether oxygens (including phenoxy) is 1. The van der Waals surface area contributed by atoms with Crippen molar-refractivity contribution < 1.29 is 9.53 Å². The zero-order valence-electron chi connectivity index (χ0n) is 9.96. The fourth-order valence-electron chi connectivity index (χ4n) is 2.03. The zero-order valence-corrected chi connectivity index (χ0v) is 9.96. The molecule has 2 rings (SSSR count). The van der Waals surface area contributed by atoms with Crippen molar-refractivity contribution in [1.82, 2.24) is 0 Å². The van der Waals surface area contributed by atoms with Crippen LogP contribution in [0.1, 0.15) is 32.8 Å². The van der Waals surface area contributed by atoms with Crippen molar-refractivity contribution in [2.45, 2.75) is 32.6 Å². The first kappa shape index (κ1) is 11.0. The van der Waals surface area contributed by atoms with Gasteiger partial charge in [-0.05, 0) is 17.9 Å². The van der Waals surface area contributed by atoms with E-state index in [0.717, 1.165) is 24.5 Å². The molecule has 1 aromatic rings. The SMILES string of the molecule is CC(=O)Nc1ccc2c(c1)OCCC2(C)C. The number of nitrogens with one attached hydrogen (secondary N) is 1. The standard InChI is InChI=1S/C13H17NO2/c1-9(15)14-10-4-5-11-12(8-10)16-7-6-13(11,2)3/h4-5,8H,6-7H2,1-3H3,(H,14,15). The normalized spacial score (nSPS) is 17.2. The molecule has 1 amide bonds. The summed E-state index contributed by atoms with van der Waals surface area (Å²) in [6, 6.07) is 5.87. The first-order valence-electron chi connectivity index (χ1n) is 5.54. The zero-order chi connectivity index (χ0) is 11.8. The van der Waals surface area contributed by atoms with Gasteiger partial charge in [-0.3, -0.25) is 4.79 Å². The van der Waals surface area contributed by atoms with Crippen LogP contribution in [-0.4, -0.2) is 12.5 Å². The summed E-state index contributed by atoms with van der Waals surface area (Å²) in [5, 5.41) is 2.76. The van der Waals surface area contributed by atoms with Crippen LogP contribution in [0.2, 0.25) is 0 Å². The molecule has 1 heterocycles. The first-order valence-corrected chi connectivity index (χ1v) is 5.54.